The van der Waals surface area contributed by atoms with Crippen molar-refractivity contribution >= 4 is 53.2 Å². The zero-order valence-corrected chi connectivity index (χ0v) is 40.8. The molecule has 0 aliphatic carbocycles. The minimum atomic E-state index is -1.45. The fourth-order valence-electron chi connectivity index (χ4n) is 7.18. The number of amides is 7. The molecule has 0 aliphatic rings. The van der Waals surface area contributed by atoms with E-state index in [9.17, 15) is 43.5 Å². The van der Waals surface area contributed by atoms with E-state index < -0.39 is 95.4 Å². The fraction of sp³-hybridized carbons (Fsp3) is 0.462. The first-order valence-electron chi connectivity index (χ1n) is 23.4. The summed E-state index contributed by atoms with van der Waals surface area (Å²) in [6, 6.07) is 17.7. The molecule has 0 heterocycles. The standard InChI is InChI=1S/C52H71N7O10/c1-8-9-26-38(44(62)46(53)63)55-47(64)39(28-33(2)3)57-51(68)45(52(5,6)7)59-48(65)40(29-37-25-17-16-19-34(37)4)56-50(67)42(32-69-31-36-22-14-11-15-23-36)58-49(66)41(30-60)54-43(61)27-18-24-35-20-12-10-13-21-35/h10-25,33,38-42,45,60H,8-9,26-32H2,1-7H3,(H2,53,63)(H,54,61)(H,55,64)(H,56,67)(H,57,68)(H,58,66)(H,59,65)/b24-18+/t38?,39-,40-,41-,42+,45+/m0/s1. The van der Waals surface area contributed by atoms with Crippen molar-refractivity contribution in [3.63, 3.8) is 0 Å². The van der Waals surface area contributed by atoms with Crippen molar-refractivity contribution in [2.24, 2.45) is 17.1 Å². The van der Waals surface area contributed by atoms with Crippen molar-refractivity contribution in [3.05, 3.63) is 113 Å². The lowest BCUT2D eigenvalue weighted by molar-refractivity contribution is -0.139. The SMILES string of the molecule is CCCCC(NC(=O)[C@H](CC(C)C)NC(=O)[C@@H](NC(=O)[C@H](Cc1ccccc1C)NC(=O)[C@@H](COCc1ccccc1)NC(=O)[C@H](CO)NC(=O)C/C=C/c1ccccc1)C(C)(C)C)C(=O)C(N)=O. The van der Waals surface area contributed by atoms with Gasteiger partial charge >= 0.3 is 0 Å². The summed E-state index contributed by atoms with van der Waals surface area (Å²) in [4.78, 5) is 108. The Kier molecular flexibility index (Phi) is 23.4. The number of rotatable bonds is 28. The lowest BCUT2D eigenvalue weighted by Crippen LogP contribution is -2.62. The second kappa shape index (κ2) is 28.6. The van der Waals surface area contributed by atoms with E-state index in [1.807, 2.05) is 100 Å². The van der Waals surface area contributed by atoms with Crippen LogP contribution in [-0.2, 0) is 56.1 Å². The molecule has 374 valence electrons. The highest BCUT2D eigenvalue weighted by Crippen LogP contribution is 2.21. The maximum Gasteiger partial charge on any atom is 0.287 e. The van der Waals surface area contributed by atoms with Crippen LogP contribution in [0.15, 0.2) is 91.0 Å². The molecule has 9 N–H and O–H groups in total. The second-order valence-corrected chi connectivity index (χ2v) is 18.5. The summed E-state index contributed by atoms with van der Waals surface area (Å²) in [6.45, 7) is 11.4. The summed E-state index contributed by atoms with van der Waals surface area (Å²) < 4.78 is 5.90. The molecule has 0 saturated heterocycles. The molecule has 0 radical (unpaired) electrons. The lowest BCUT2D eigenvalue weighted by Gasteiger charge is -2.34. The van der Waals surface area contributed by atoms with E-state index in [2.05, 4.69) is 31.9 Å². The summed E-state index contributed by atoms with van der Waals surface area (Å²) in [5.74, 6) is -6.76. The molecule has 0 saturated carbocycles. The fourth-order valence-corrected chi connectivity index (χ4v) is 7.18. The highest BCUT2D eigenvalue weighted by molar-refractivity contribution is 6.37. The Morgan fingerprint density at radius 1 is 0.681 bits per heavy atom. The van der Waals surface area contributed by atoms with E-state index in [1.54, 1.807) is 45.1 Å². The highest BCUT2D eigenvalue weighted by Gasteiger charge is 2.38. The number of nitrogens with two attached hydrogens (primary N) is 1. The van der Waals surface area contributed by atoms with Gasteiger partial charge in [0.15, 0.2) is 0 Å². The van der Waals surface area contributed by atoms with Crippen molar-refractivity contribution in [3.8, 4) is 0 Å². The normalized spacial score (nSPS) is 14.0. The Hall–Kier alpha value is -6.72. The summed E-state index contributed by atoms with van der Waals surface area (Å²) in [5, 5.41) is 26.2. The lowest BCUT2D eigenvalue weighted by atomic mass is 9.85. The molecule has 3 aromatic carbocycles. The van der Waals surface area contributed by atoms with Gasteiger partial charge in [-0.2, -0.15) is 0 Å². The number of primary amides is 1. The molecule has 6 atom stereocenters. The number of carbonyl (C=O) groups is 8. The minimum Gasteiger partial charge on any atom is -0.394 e. The molecule has 0 aromatic heterocycles. The third kappa shape index (κ3) is 19.8. The van der Waals surface area contributed by atoms with Gasteiger partial charge in [0.25, 0.3) is 5.91 Å². The van der Waals surface area contributed by atoms with Gasteiger partial charge in [-0.25, -0.2) is 0 Å². The van der Waals surface area contributed by atoms with E-state index in [-0.39, 0.29) is 44.8 Å². The quantitative estimate of drug-likeness (QED) is 0.0493. The number of benzene rings is 3. The Labute approximate surface area is 405 Å². The van der Waals surface area contributed by atoms with Gasteiger partial charge in [-0.1, -0.05) is 151 Å². The Morgan fingerprint density at radius 2 is 1.23 bits per heavy atom. The third-order valence-electron chi connectivity index (χ3n) is 11.1. The minimum absolute atomic E-state index is 0.0501. The number of unbranched alkanes of at least 4 members (excludes halogenated alkanes) is 1. The van der Waals surface area contributed by atoms with Crippen LogP contribution < -0.4 is 37.6 Å². The maximum atomic E-state index is 14.6. The summed E-state index contributed by atoms with van der Waals surface area (Å²) in [5.41, 5.74) is 7.45. The van der Waals surface area contributed by atoms with Crippen LogP contribution in [0.4, 0.5) is 0 Å². The molecule has 17 nitrogen and oxygen atoms in total. The van der Waals surface area contributed by atoms with Crippen molar-refractivity contribution in [2.75, 3.05) is 13.2 Å². The summed E-state index contributed by atoms with van der Waals surface area (Å²) in [6.07, 6.45) is 4.71. The number of aryl methyl sites for hydroxylation is 1. The van der Waals surface area contributed by atoms with E-state index in [4.69, 9.17) is 10.5 Å². The number of ether oxygens (including phenoxy) is 1. The maximum absolute atomic E-state index is 14.6. The number of aliphatic hydroxyl groups is 1. The molecule has 7 amide bonds. The topological polar surface area (TPSA) is 264 Å². The van der Waals surface area contributed by atoms with Gasteiger partial charge in [0.05, 0.1) is 25.9 Å². The largest absolute Gasteiger partial charge is 0.394 e. The third-order valence-corrected chi connectivity index (χ3v) is 11.1. The number of hydrogen-bond acceptors (Lipinski definition) is 10. The Balaban J connectivity index is 1.92. The van der Waals surface area contributed by atoms with E-state index in [0.29, 0.717) is 18.4 Å². The first kappa shape index (κ1) is 56.6. The van der Waals surface area contributed by atoms with E-state index >= 15 is 0 Å². The number of ketones is 1. The molecule has 17 heteroatoms. The number of carbonyl (C=O) groups excluding carboxylic acids is 8. The monoisotopic (exact) mass is 954 g/mol. The van der Waals surface area contributed by atoms with E-state index in [0.717, 1.165) is 16.7 Å². The first-order valence-corrected chi connectivity index (χ1v) is 23.4. The molecule has 3 rings (SSSR count). The van der Waals surface area contributed by atoms with Gasteiger partial charge < -0.3 is 47.5 Å². The molecule has 0 aliphatic heterocycles. The zero-order valence-electron chi connectivity index (χ0n) is 40.8. The van der Waals surface area contributed by atoms with E-state index in [1.165, 1.54) is 0 Å². The predicted octanol–water partition coefficient (Wildman–Crippen LogP) is 3.10. The van der Waals surface area contributed by atoms with Crippen LogP contribution in [0, 0.1) is 18.3 Å². The average Bonchev–Trinajstić information content (AvgIpc) is 3.30. The smallest absolute Gasteiger partial charge is 0.287 e. The zero-order chi connectivity index (χ0) is 51.1. The number of aliphatic hydroxyl groups excluding tert-OH is 1. The van der Waals surface area contributed by atoms with Gasteiger partial charge in [-0.05, 0) is 53.4 Å². The van der Waals surface area contributed by atoms with Crippen LogP contribution in [-0.4, -0.2) is 102 Å². The number of nitrogens with one attached hydrogen (secondary N) is 6. The molecule has 0 fully saturated rings. The molecular weight excluding hydrogens is 883 g/mol. The molecule has 1 unspecified atom stereocenters. The van der Waals surface area contributed by atoms with Gasteiger partial charge in [0.1, 0.15) is 30.2 Å². The van der Waals surface area contributed by atoms with Crippen LogP contribution in [0.1, 0.15) is 95.9 Å². The van der Waals surface area contributed by atoms with Gasteiger partial charge in [-0.15, -0.1) is 0 Å². The van der Waals surface area contributed by atoms with Gasteiger partial charge in [-0.3, -0.25) is 38.4 Å². The van der Waals surface area contributed by atoms with Crippen molar-refractivity contribution in [1.29, 1.82) is 0 Å². The molecule has 69 heavy (non-hydrogen) atoms. The van der Waals surface area contributed by atoms with Crippen molar-refractivity contribution in [2.45, 2.75) is 130 Å². The van der Waals surface area contributed by atoms with Gasteiger partial charge in [0.2, 0.25) is 41.2 Å². The number of Topliss-reactive ketones (excluding diaryl/α,β-unsaturated/α-hetero) is 1. The average molecular weight is 954 g/mol. The molecular formula is C52H71N7O10. The Bertz CT molecular complexity index is 2210. The number of hydrogen-bond donors (Lipinski definition) is 8. The molecule has 3 aromatic rings. The van der Waals surface area contributed by atoms with Crippen molar-refractivity contribution < 1.29 is 48.2 Å². The first-order chi connectivity index (χ1) is 32.7. The molecule has 0 spiro atoms. The van der Waals surface area contributed by atoms with Crippen LogP contribution in [0.5, 0.6) is 0 Å². The summed E-state index contributed by atoms with van der Waals surface area (Å²) in [7, 11) is 0. The van der Waals surface area contributed by atoms with Crippen LogP contribution in [0.2, 0.25) is 0 Å². The van der Waals surface area contributed by atoms with Crippen LogP contribution in [0.3, 0.4) is 0 Å². The summed E-state index contributed by atoms with van der Waals surface area (Å²) >= 11 is 0. The Morgan fingerprint density at radius 3 is 1.83 bits per heavy atom. The van der Waals surface area contributed by atoms with Crippen molar-refractivity contribution in [1.82, 2.24) is 31.9 Å². The van der Waals surface area contributed by atoms with Crippen LogP contribution in [0.25, 0.3) is 6.08 Å². The van der Waals surface area contributed by atoms with Crippen LogP contribution >= 0.6 is 0 Å². The second-order valence-electron chi connectivity index (χ2n) is 18.5. The predicted molar refractivity (Wildman–Crippen MR) is 262 cm³/mol. The highest BCUT2D eigenvalue weighted by atomic mass is 16.5. The van der Waals surface area contributed by atoms with Gasteiger partial charge in [0, 0.05) is 12.8 Å². The molecule has 0 bridgehead atoms.